The predicted molar refractivity (Wildman–Crippen MR) is 112 cm³/mol. The molecule has 29 heavy (non-hydrogen) atoms. The van der Waals surface area contributed by atoms with Crippen LogP contribution in [0, 0.1) is 5.41 Å². The van der Waals surface area contributed by atoms with Crippen LogP contribution in [0.1, 0.15) is 53.4 Å². The molecule has 0 N–H and O–H groups in total. The van der Waals surface area contributed by atoms with E-state index in [9.17, 15) is 4.79 Å². The largest absolute Gasteiger partial charge is 0.493 e. The van der Waals surface area contributed by atoms with Crippen LogP contribution in [0.5, 0.6) is 11.5 Å². The second kappa shape index (κ2) is 9.76. The van der Waals surface area contributed by atoms with Gasteiger partial charge in [-0.1, -0.05) is 32.9 Å². The standard InChI is InChI=1S/C22H33N3O4/c1-8-15(2)25(20(26)14-22(3,4)5)12-11-19-23-21(24-29-19)16-9-10-17(27-6)18(13-16)28-7/h9-10,13,15H,8,11-12,14H2,1-7H3/t15-/m0/s1. The van der Waals surface area contributed by atoms with Crippen LogP contribution in [-0.2, 0) is 11.2 Å². The number of methoxy groups -OCH3 is 2. The Balaban J connectivity index is 2.11. The van der Waals surface area contributed by atoms with Gasteiger partial charge in [0, 0.05) is 31.0 Å². The molecule has 7 heteroatoms. The Hall–Kier alpha value is -2.57. The van der Waals surface area contributed by atoms with Crippen LogP contribution in [0.3, 0.4) is 0 Å². The van der Waals surface area contributed by atoms with Gasteiger partial charge in [-0.15, -0.1) is 0 Å². The molecule has 0 saturated heterocycles. The number of ether oxygens (including phenoxy) is 2. The molecule has 0 bridgehead atoms. The molecule has 1 amide bonds. The Morgan fingerprint density at radius 2 is 1.90 bits per heavy atom. The van der Waals surface area contributed by atoms with Gasteiger partial charge >= 0.3 is 0 Å². The normalized spacial score (nSPS) is 12.5. The van der Waals surface area contributed by atoms with Crippen molar-refractivity contribution in [2.24, 2.45) is 5.41 Å². The second-order valence-electron chi connectivity index (χ2n) is 8.41. The van der Waals surface area contributed by atoms with Crippen molar-refractivity contribution < 1.29 is 18.8 Å². The minimum absolute atomic E-state index is 0.0477. The van der Waals surface area contributed by atoms with E-state index < -0.39 is 0 Å². The number of nitrogens with zero attached hydrogens (tertiary/aromatic N) is 3. The van der Waals surface area contributed by atoms with Gasteiger partial charge in [-0.3, -0.25) is 4.79 Å². The van der Waals surface area contributed by atoms with Crippen LogP contribution in [0.25, 0.3) is 11.4 Å². The Morgan fingerprint density at radius 1 is 1.21 bits per heavy atom. The van der Waals surface area contributed by atoms with Crippen molar-refractivity contribution in [2.75, 3.05) is 20.8 Å². The van der Waals surface area contributed by atoms with Gasteiger partial charge < -0.3 is 18.9 Å². The van der Waals surface area contributed by atoms with Crippen molar-refractivity contribution in [2.45, 2.75) is 59.9 Å². The van der Waals surface area contributed by atoms with Gasteiger partial charge in [0.25, 0.3) is 0 Å². The summed E-state index contributed by atoms with van der Waals surface area (Å²) in [5.41, 5.74) is 0.730. The molecule has 0 aliphatic carbocycles. The highest BCUT2D eigenvalue weighted by atomic mass is 16.5. The smallest absolute Gasteiger partial charge is 0.228 e. The Bertz CT molecular complexity index is 811. The van der Waals surface area contributed by atoms with Gasteiger partial charge in [-0.2, -0.15) is 4.98 Å². The van der Waals surface area contributed by atoms with Crippen LogP contribution < -0.4 is 9.47 Å². The highest BCUT2D eigenvalue weighted by molar-refractivity contribution is 5.77. The number of benzene rings is 1. The summed E-state index contributed by atoms with van der Waals surface area (Å²) in [7, 11) is 3.18. The zero-order chi connectivity index (χ0) is 21.6. The third-order valence-corrected chi connectivity index (χ3v) is 4.80. The second-order valence-corrected chi connectivity index (χ2v) is 8.41. The number of aromatic nitrogens is 2. The molecule has 0 spiro atoms. The van der Waals surface area contributed by atoms with E-state index in [-0.39, 0.29) is 17.4 Å². The van der Waals surface area contributed by atoms with Crippen molar-refractivity contribution >= 4 is 5.91 Å². The minimum atomic E-state index is -0.0477. The maximum absolute atomic E-state index is 12.8. The fraction of sp³-hybridized carbons (Fsp3) is 0.591. The zero-order valence-corrected chi connectivity index (χ0v) is 18.6. The highest BCUT2D eigenvalue weighted by Crippen LogP contribution is 2.31. The molecule has 1 aromatic heterocycles. The summed E-state index contributed by atoms with van der Waals surface area (Å²) in [4.78, 5) is 19.2. The van der Waals surface area contributed by atoms with Crippen molar-refractivity contribution in [3.63, 3.8) is 0 Å². The van der Waals surface area contributed by atoms with Crippen LogP contribution in [-0.4, -0.2) is 47.8 Å². The maximum Gasteiger partial charge on any atom is 0.228 e. The van der Waals surface area contributed by atoms with E-state index in [4.69, 9.17) is 14.0 Å². The molecule has 7 nitrogen and oxygen atoms in total. The molecular weight excluding hydrogens is 370 g/mol. The first-order valence-corrected chi connectivity index (χ1v) is 10.0. The number of carbonyl (C=O) groups is 1. The lowest BCUT2D eigenvalue weighted by atomic mass is 9.91. The maximum atomic E-state index is 12.8. The van der Waals surface area contributed by atoms with Crippen molar-refractivity contribution in [3.05, 3.63) is 24.1 Å². The molecule has 1 aromatic carbocycles. The lowest BCUT2D eigenvalue weighted by molar-refractivity contribution is -0.135. The van der Waals surface area contributed by atoms with E-state index in [1.54, 1.807) is 20.3 Å². The average molecular weight is 404 g/mol. The monoisotopic (exact) mass is 403 g/mol. The van der Waals surface area contributed by atoms with Crippen LogP contribution in [0.15, 0.2) is 22.7 Å². The summed E-state index contributed by atoms with van der Waals surface area (Å²) in [6.45, 7) is 10.9. The van der Waals surface area contributed by atoms with Crippen LogP contribution >= 0.6 is 0 Å². The SMILES string of the molecule is CC[C@H](C)N(CCc1nc(-c2ccc(OC)c(OC)c2)no1)C(=O)CC(C)(C)C. The third-order valence-electron chi connectivity index (χ3n) is 4.80. The van der Waals surface area contributed by atoms with Crippen LogP contribution in [0.4, 0.5) is 0 Å². The molecule has 0 unspecified atom stereocenters. The van der Waals surface area contributed by atoms with Gasteiger partial charge in [-0.25, -0.2) is 0 Å². The molecule has 0 radical (unpaired) electrons. The van der Waals surface area contributed by atoms with Gasteiger partial charge in [0.05, 0.1) is 14.2 Å². The number of hydrogen-bond donors (Lipinski definition) is 0. The molecule has 0 saturated carbocycles. The van der Waals surface area contributed by atoms with Gasteiger partial charge in [-0.05, 0) is 37.0 Å². The molecule has 0 aliphatic heterocycles. The summed E-state index contributed by atoms with van der Waals surface area (Å²) in [6, 6.07) is 5.64. The molecule has 160 valence electrons. The summed E-state index contributed by atoms with van der Waals surface area (Å²) in [5, 5.41) is 4.08. The topological polar surface area (TPSA) is 77.7 Å². The van der Waals surface area contributed by atoms with E-state index in [1.807, 2.05) is 17.0 Å². The summed E-state index contributed by atoms with van der Waals surface area (Å²) in [6.07, 6.45) is 1.93. The first-order valence-electron chi connectivity index (χ1n) is 10.0. The summed E-state index contributed by atoms with van der Waals surface area (Å²) in [5.74, 6) is 2.39. The molecule has 1 atom stereocenters. The zero-order valence-electron chi connectivity index (χ0n) is 18.6. The number of carbonyl (C=O) groups excluding carboxylic acids is 1. The molecule has 0 fully saturated rings. The number of amides is 1. The molecule has 1 heterocycles. The van der Waals surface area contributed by atoms with Crippen molar-refractivity contribution in [3.8, 4) is 22.9 Å². The fourth-order valence-electron chi connectivity index (χ4n) is 3.03. The van der Waals surface area contributed by atoms with E-state index in [0.717, 1.165) is 12.0 Å². The van der Waals surface area contributed by atoms with Gasteiger partial charge in [0.1, 0.15) is 0 Å². The lowest BCUT2D eigenvalue weighted by Crippen LogP contribution is -2.41. The Kier molecular flexibility index (Phi) is 7.65. The van der Waals surface area contributed by atoms with E-state index >= 15 is 0 Å². The van der Waals surface area contributed by atoms with E-state index in [0.29, 0.717) is 42.6 Å². The summed E-state index contributed by atoms with van der Waals surface area (Å²) < 4.78 is 16.0. The first kappa shape index (κ1) is 22.7. The van der Waals surface area contributed by atoms with E-state index in [2.05, 4.69) is 44.8 Å². The Morgan fingerprint density at radius 3 is 2.48 bits per heavy atom. The number of hydrogen-bond acceptors (Lipinski definition) is 6. The van der Waals surface area contributed by atoms with Crippen molar-refractivity contribution in [1.29, 1.82) is 0 Å². The van der Waals surface area contributed by atoms with Gasteiger partial charge in [0.15, 0.2) is 11.5 Å². The fourth-order valence-corrected chi connectivity index (χ4v) is 3.03. The lowest BCUT2D eigenvalue weighted by Gasteiger charge is -2.31. The molecule has 2 rings (SSSR count). The third kappa shape index (κ3) is 6.21. The quantitative estimate of drug-likeness (QED) is 0.619. The minimum Gasteiger partial charge on any atom is -0.493 e. The number of rotatable bonds is 9. The predicted octanol–water partition coefficient (Wildman–Crippen LogP) is 4.36. The van der Waals surface area contributed by atoms with Gasteiger partial charge in [0.2, 0.25) is 17.6 Å². The molecular formula is C22H33N3O4. The highest BCUT2D eigenvalue weighted by Gasteiger charge is 2.24. The van der Waals surface area contributed by atoms with Crippen LogP contribution in [0.2, 0.25) is 0 Å². The van der Waals surface area contributed by atoms with E-state index in [1.165, 1.54) is 0 Å². The molecule has 0 aliphatic rings. The van der Waals surface area contributed by atoms with Crippen molar-refractivity contribution in [1.82, 2.24) is 15.0 Å². The average Bonchev–Trinajstić information content (AvgIpc) is 3.14. The first-order chi connectivity index (χ1) is 13.7. The Labute approximate surface area is 173 Å². The summed E-state index contributed by atoms with van der Waals surface area (Å²) >= 11 is 0. The molecule has 2 aromatic rings.